The van der Waals surface area contributed by atoms with E-state index in [1.807, 2.05) is 0 Å². The van der Waals surface area contributed by atoms with Crippen LogP contribution in [-0.4, -0.2) is 59.8 Å². The number of nitrogens with two attached hydrogens (primary N) is 1. The number of phenolic OH excluding ortho intramolecular Hbond substituents is 1. The Labute approximate surface area is 218 Å². The zero-order valence-electron chi connectivity index (χ0n) is 18.3. The molecule has 3 N–H and O–H groups in total. The topological polar surface area (TPSA) is 138 Å². The van der Waals surface area contributed by atoms with E-state index < -0.39 is 63.1 Å². The number of allylic oxidation sites excluding steroid dienone is 2. The van der Waals surface area contributed by atoms with E-state index in [0.717, 1.165) is 4.90 Å². The molecule has 0 radical (unpaired) electrons. The molecule has 1 saturated carbocycles. The molecule has 1 aromatic rings. The molecule has 184 valence electrons. The van der Waals surface area contributed by atoms with Crippen molar-refractivity contribution < 1.29 is 29.1 Å². The molecule has 4 aliphatic rings. The number of rotatable bonds is 2. The van der Waals surface area contributed by atoms with Gasteiger partial charge in [-0.05, 0) is 42.9 Å². The molecule has 6 amide bonds. The number of aromatic hydroxyl groups is 1. The molecule has 2 aliphatic heterocycles. The molecule has 6 atom stereocenters. The van der Waals surface area contributed by atoms with Gasteiger partial charge in [0.15, 0.2) is 9.75 Å². The normalized spacial score (nSPS) is 36.2. The number of alkyl halides is 3. The minimum absolute atomic E-state index is 0.0316. The number of imide groups is 4. The Morgan fingerprint density at radius 1 is 1.17 bits per heavy atom. The summed E-state index contributed by atoms with van der Waals surface area (Å²) in [6.07, 6.45) is 1.70. The van der Waals surface area contributed by atoms with E-state index >= 15 is 0 Å². The molecule has 9 nitrogen and oxygen atoms in total. The Morgan fingerprint density at radius 3 is 2.46 bits per heavy atom. The fourth-order valence-corrected chi connectivity index (χ4v) is 7.63. The van der Waals surface area contributed by atoms with Crippen LogP contribution in [0.5, 0.6) is 5.75 Å². The highest BCUT2D eigenvalue weighted by Crippen LogP contribution is 2.65. The zero-order chi connectivity index (χ0) is 25.6. The monoisotopic (exact) mass is 583 g/mol. The van der Waals surface area contributed by atoms with Crippen LogP contribution in [0.1, 0.15) is 29.9 Å². The number of phenols is 1. The molecule has 0 aromatic heterocycles. The van der Waals surface area contributed by atoms with Gasteiger partial charge in [0.1, 0.15) is 5.75 Å². The smallest absolute Gasteiger partial charge is 0.328 e. The van der Waals surface area contributed by atoms with E-state index in [9.17, 15) is 29.1 Å². The van der Waals surface area contributed by atoms with Crippen LogP contribution in [-0.2, 0) is 19.2 Å². The van der Waals surface area contributed by atoms with Crippen molar-refractivity contribution in [1.82, 2.24) is 9.80 Å². The molecule has 2 heterocycles. The molecule has 3 fully saturated rings. The quantitative estimate of drug-likeness (QED) is 0.237. The lowest BCUT2D eigenvalue weighted by atomic mass is 9.56. The fraction of sp³-hybridized carbons (Fsp3) is 0.435. The Morgan fingerprint density at radius 2 is 1.86 bits per heavy atom. The Kier molecular flexibility index (Phi) is 5.40. The van der Waals surface area contributed by atoms with E-state index in [1.165, 1.54) is 6.07 Å². The van der Waals surface area contributed by atoms with Crippen LogP contribution < -0.4 is 5.73 Å². The Bertz CT molecular complexity index is 1270. The predicted octanol–water partition coefficient (Wildman–Crippen LogP) is 2.49. The summed E-state index contributed by atoms with van der Waals surface area (Å²) in [4.78, 5) is 62.5. The molecule has 2 saturated heterocycles. The van der Waals surface area contributed by atoms with Crippen LogP contribution >= 0.6 is 39.1 Å². The number of fused-ring (bicyclic) bond motifs is 4. The van der Waals surface area contributed by atoms with E-state index in [-0.39, 0.29) is 24.0 Å². The van der Waals surface area contributed by atoms with Crippen LogP contribution in [0, 0.1) is 24.7 Å². The second-order valence-corrected chi connectivity index (χ2v) is 11.1. The molecule has 5 rings (SSSR count). The highest BCUT2D eigenvalue weighted by molar-refractivity contribution is 9.09. The highest BCUT2D eigenvalue weighted by Gasteiger charge is 2.76. The van der Waals surface area contributed by atoms with Crippen molar-refractivity contribution in [2.75, 3.05) is 5.45 Å². The number of hydrogen-bond acceptors (Lipinski definition) is 6. The van der Waals surface area contributed by atoms with Crippen LogP contribution in [0.2, 0.25) is 0 Å². The zero-order valence-corrected chi connectivity index (χ0v) is 21.4. The Hall–Kier alpha value is -2.43. The van der Waals surface area contributed by atoms with Gasteiger partial charge in [0, 0.05) is 5.92 Å². The van der Waals surface area contributed by atoms with Gasteiger partial charge in [0.05, 0.1) is 17.3 Å². The van der Waals surface area contributed by atoms with Crippen molar-refractivity contribution in [3.05, 3.63) is 41.0 Å². The van der Waals surface area contributed by atoms with Crippen molar-refractivity contribution in [2.24, 2.45) is 23.5 Å². The second-order valence-electron chi connectivity index (χ2n) is 9.38. The van der Waals surface area contributed by atoms with Crippen molar-refractivity contribution >= 4 is 68.8 Å². The number of hydrogen-bond donors (Lipinski definition) is 2. The first-order valence-electron chi connectivity index (χ1n) is 10.9. The lowest BCUT2D eigenvalue weighted by molar-refractivity contribution is -0.139. The summed E-state index contributed by atoms with van der Waals surface area (Å²) in [6, 6.07) is 3.54. The van der Waals surface area contributed by atoms with Crippen LogP contribution in [0.4, 0.5) is 4.79 Å². The standard InChI is InChI=1S/C23H20BrCl2N3O6/c1-9-6-10(2-5-14(9)30)16-11-3-4-12-15(18(32)29(17(12)31)21(27)35)13(11)7-22(25)19(33)28(8-24)20(34)23(16,22)26/h2-3,5-6,12-13,15-16,30H,4,7-8H2,1H3,(H2,27,35)/t12-,13+,15-,16-,22+,23-/m0/s1. The molecule has 0 unspecified atom stereocenters. The van der Waals surface area contributed by atoms with Crippen molar-refractivity contribution in [2.45, 2.75) is 35.4 Å². The van der Waals surface area contributed by atoms with Gasteiger partial charge in [0.2, 0.25) is 11.8 Å². The summed E-state index contributed by atoms with van der Waals surface area (Å²) in [5, 5.41) is 10.1. The predicted molar refractivity (Wildman–Crippen MR) is 128 cm³/mol. The van der Waals surface area contributed by atoms with Crippen LogP contribution in [0.3, 0.4) is 0 Å². The molecule has 2 aliphatic carbocycles. The fourth-order valence-electron chi connectivity index (χ4n) is 6.20. The average molecular weight is 585 g/mol. The Balaban J connectivity index is 1.74. The lowest BCUT2D eigenvalue weighted by Crippen LogP contribution is -2.60. The number of carbonyl (C=O) groups is 5. The van der Waals surface area contributed by atoms with Gasteiger partial charge in [-0.15, -0.1) is 23.2 Å². The maximum absolute atomic E-state index is 13.6. The number of benzene rings is 1. The number of urea groups is 1. The van der Waals surface area contributed by atoms with Gasteiger partial charge >= 0.3 is 6.03 Å². The first-order chi connectivity index (χ1) is 16.4. The third kappa shape index (κ3) is 2.90. The van der Waals surface area contributed by atoms with E-state index in [2.05, 4.69) is 15.9 Å². The number of aryl methyl sites for hydroxylation is 1. The first-order valence-corrected chi connectivity index (χ1v) is 12.7. The summed E-state index contributed by atoms with van der Waals surface area (Å²) in [5.74, 6) is -6.30. The van der Waals surface area contributed by atoms with Gasteiger partial charge in [-0.3, -0.25) is 24.1 Å². The number of halogens is 3. The minimum atomic E-state index is -1.93. The van der Waals surface area contributed by atoms with Gasteiger partial charge in [-0.1, -0.05) is 39.7 Å². The van der Waals surface area contributed by atoms with E-state index in [0.29, 0.717) is 21.6 Å². The number of primary amides is 1. The maximum atomic E-state index is 13.6. The summed E-state index contributed by atoms with van der Waals surface area (Å²) in [6.45, 7) is 1.68. The van der Waals surface area contributed by atoms with E-state index in [1.54, 1.807) is 25.1 Å². The number of likely N-dealkylation sites (tertiary alicyclic amines) is 2. The SMILES string of the molecule is Cc1cc([C@H]2C3=CC[C@@H]4C(=O)N(C(N)=O)C(=O)[C@@H]4[C@@H]3C[C@@]3(Cl)C(=O)N(CBr)C(=O)[C@@]23Cl)ccc1O. The molecule has 1 aromatic carbocycles. The molecule has 0 spiro atoms. The summed E-state index contributed by atoms with van der Waals surface area (Å²) in [5.41, 5.74) is 6.81. The van der Waals surface area contributed by atoms with Gasteiger partial charge in [0.25, 0.3) is 11.8 Å². The summed E-state index contributed by atoms with van der Waals surface area (Å²) < 4.78 is 0. The highest BCUT2D eigenvalue weighted by atomic mass is 79.9. The van der Waals surface area contributed by atoms with Crippen molar-refractivity contribution in [1.29, 1.82) is 0 Å². The number of carbonyl (C=O) groups excluding carboxylic acids is 5. The second kappa shape index (κ2) is 7.78. The minimum Gasteiger partial charge on any atom is -0.508 e. The van der Waals surface area contributed by atoms with Crippen molar-refractivity contribution in [3.8, 4) is 5.75 Å². The van der Waals surface area contributed by atoms with Gasteiger partial charge < -0.3 is 10.8 Å². The number of amides is 6. The first kappa shape index (κ1) is 24.3. The maximum Gasteiger partial charge on any atom is 0.328 e. The molecule has 35 heavy (non-hydrogen) atoms. The van der Waals surface area contributed by atoms with Crippen LogP contribution in [0.25, 0.3) is 0 Å². The average Bonchev–Trinajstić information content (AvgIpc) is 3.14. The largest absolute Gasteiger partial charge is 0.508 e. The molecule has 0 bridgehead atoms. The summed E-state index contributed by atoms with van der Waals surface area (Å²) >= 11 is 17.3. The third-order valence-electron chi connectivity index (χ3n) is 7.79. The summed E-state index contributed by atoms with van der Waals surface area (Å²) in [7, 11) is 0. The van der Waals surface area contributed by atoms with E-state index in [4.69, 9.17) is 28.9 Å². The molecular weight excluding hydrogens is 565 g/mol. The molecular formula is C23H20BrCl2N3O6. The third-order valence-corrected chi connectivity index (χ3v) is 9.70. The van der Waals surface area contributed by atoms with Crippen LogP contribution in [0.15, 0.2) is 29.8 Å². The van der Waals surface area contributed by atoms with Crippen molar-refractivity contribution in [3.63, 3.8) is 0 Å². The number of nitrogens with zero attached hydrogens (tertiary/aromatic N) is 2. The lowest BCUT2D eigenvalue weighted by Gasteiger charge is -2.50. The van der Waals surface area contributed by atoms with Gasteiger partial charge in [-0.2, -0.15) is 4.90 Å². The van der Waals surface area contributed by atoms with Gasteiger partial charge in [-0.25, -0.2) is 4.79 Å². The molecule has 12 heteroatoms.